The van der Waals surface area contributed by atoms with E-state index in [4.69, 9.17) is 4.42 Å². The zero-order chi connectivity index (χ0) is 17.3. The second-order valence-electron chi connectivity index (χ2n) is 8.59. The highest BCUT2D eigenvalue weighted by atomic mass is 16.3. The van der Waals surface area contributed by atoms with Crippen LogP contribution >= 0.6 is 0 Å². The van der Waals surface area contributed by atoms with Gasteiger partial charge in [0.25, 0.3) is 5.91 Å². The fraction of sp³-hybridized carbons (Fsp3) is 0.800. The normalized spacial score (nSPS) is 28.8. The van der Waals surface area contributed by atoms with Crippen molar-refractivity contribution in [1.29, 1.82) is 0 Å². The van der Waals surface area contributed by atoms with Crippen LogP contribution in [0.15, 0.2) is 10.8 Å². The molecule has 2 saturated heterocycles. The summed E-state index contributed by atoms with van der Waals surface area (Å²) >= 11 is 0. The minimum absolute atomic E-state index is 0.0243. The molecule has 0 N–H and O–H groups in total. The first-order valence-corrected chi connectivity index (χ1v) is 10.1. The van der Waals surface area contributed by atoms with Gasteiger partial charge in [0, 0.05) is 31.6 Å². The Morgan fingerprint density at radius 3 is 2.80 bits per heavy atom. The van der Waals surface area contributed by atoms with Gasteiger partial charge in [0.15, 0.2) is 6.39 Å². The molecule has 4 rings (SSSR count). The van der Waals surface area contributed by atoms with Crippen LogP contribution in [0.5, 0.6) is 0 Å². The van der Waals surface area contributed by atoms with Crippen molar-refractivity contribution in [3.05, 3.63) is 17.8 Å². The number of likely N-dealkylation sites (tertiary alicyclic amines) is 2. The van der Waals surface area contributed by atoms with Crippen molar-refractivity contribution in [3.63, 3.8) is 0 Å². The molecule has 138 valence electrons. The third-order valence-electron chi connectivity index (χ3n) is 6.65. The number of piperidine rings is 1. The monoisotopic (exact) mass is 345 g/mol. The summed E-state index contributed by atoms with van der Waals surface area (Å²) in [6.45, 7) is 7.27. The first-order chi connectivity index (χ1) is 12.2. The zero-order valence-corrected chi connectivity index (χ0v) is 15.5. The van der Waals surface area contributed by atoms with Crippen molar-refractivity contribution in [2.75, 3.05) is 32.7 Å². The molecule has 0 aromatic carbocycles. The van der Waals surface area contributed by atoms with Crippen molar-refractivity contribution in [2.45, 2.75) is 58.3 Å². The van der Waals surface area contributed by atoms with Crippen LogP contribution in [0, 0.1) is 18.3 Å². The van der Waals surface area contributed by atoms with E-state index in [0.717, 1.165) is 25.4 Å². The molecular formula is C20H31N3O2. The Kier molecular flexibility index (Phi) is 4.85. The van der Waals surface area contributed by atoms with Gasteiger partial charge in [0.1, 0.15) is 0 Å². The Morgan fingerprint density at radius 1 is 1.20 bits per heavy atom. The number of aryl methyl sites for hydroxylation is 1. The molecule has 1 saturated carbocycles. The van der Waals surface area contributed by atoms with E-state index in [-0.39, 0.29) is 5.91 Å². The lowest BCUT2D eigenvalue weighted by Crippen LogP contribution is -2.47. The number of aromatic nitrogens is 1. The van der Waals surface area contributed by atoms with Gasteiger partial charge in [-0.1, -0.05) is 19.3 Å². The van der Waals surface area contributed by atoms with E-state index in [1.807, 2.05) is 11.8 Å². The third-order valence-corrected chi connectivity index (χ3v) is 6.65. The number of amides is 1. The summed E-state index contributed by atoms with van der Waals surface area (Å²) in [5, 5.41) is 0. The summed E-state index contributed by atoms with van der Waals surface area (Å²) in [5.74, 6) is 1.35. The molecule has 5 heteroatoms. The van der Waals surface area contributed by atoms with E-state index in [0.29, 0.717) is 16.9 Å². The highest BCUT2D eigenvalue weighted by molar-refractivity contribution is 5.92. The SMILES string of the molecule is Cc1ncoc1C(=O)N1CC[C@@]2(CCCN(CC3CCCCC3)C2)C1. The zero-order valence-electron chi connectivity index (χ0n) is 15.5. The van der Waals surface area contributed by atoms with Gasteiger partial charge < -0.3 is 14.2 Å². The average Bonchev–Trinajstić information content (AvgIpc) is 3.22. The van der Waals surface area contributed by atoms with Crippen molar-refractivity contribution >= 4 is 5.91 Å². The van der Waals surface area contributed by atoms with E-state index >= 15 is 0 Å². The van der Waals surface area contributed by atoms with E-state index in [9.17, 15) is 4.79 Å². The van der Waals surface area contributed by atoms with Gasteiger partial charge in [-0.25, -0.2) is 4.98 Å². The van der Waals surface area contributed by atoms with Gasteiger partial charge in [0.05, 0.1) is 5.69 Å². The molecule has 3 fully saturated rings. The van der Waals surface area contributed by atoms with E-state index in [1.165, 1.54) is 71.0 Å². The molecule has 1 atom stereocenters. The second kappa shape index (κ2) is 7.10. The Hall–Kier alpha value is -1.36. The summed E-state index contributed by atoms with van der Waals surface area (Å²) in [5.41, 5.74) is 1.00. The molecular weight excluding hydrogens is 314 g/mol. The Bertz CT molecular complexity index is 608. The second-order valence-corrected chi connectivity index (χ2v) is 8.59. The number of hydrogen-bond acceptors (Lipinski definition) is 4. The number of hydrogen-bond donors (Lipinski definition) is 0. The first-order valence-electron chi connectivity index (χ1n) is 10.1. The maximum absolute atomic E-state index is 12.7. The lowest BCUT2D eigenvalue weighted by molar-refractivity contribution is 0.0611. The fourth-order valence-electron chi connectivity index (χ4n) is 5.29. The molecule has 1 amide bonds. The number of rotatable bonds is 3. The first kappa shape index (κ1) is 17.1. The molecule has 5 nitrogen and oxygen atoms in total. The molecule has 0 radical (unpaired) electrons. The lowest BCUT2D eigenvalue weighted by atomic mass is 9.78. The fourth-order valence-corrected chi connectivity index (χ4v) is 5.29. The van der Waals surface area contributed by atoms with E-state index < -0.39 is 0 Å². The van der Waals surface area contributed by atoms with Crippen LogP contribution in [0.4, 0.5) is 0 Å². The van der Waals surface area contributed by atoms with Crippen LogP contribution in [0.1, 0.15) is 67.6 Å². The van der Waals surface area contributed by atoms with E-state index in [2.05, 4.69) is 9.88 Å². The summed E-state index contributed by atoms with van der Waals surface area (Å²) in [6, 6.07) is 0. The minimum Gasteiger partial charge on any atom is -0.438 e. The van der Waals surface area contributed by atoms with Gasteiger partial charge in [0.2, 0.25) is 5.76 Å². The maximum Gasteiger partial charge on any atom is 0.291 e. The smallest absolute Gasteiger partial charge is 0.291 e. The molecule has 25 heavy (non-hydrogen) atoms. The largest absolute Gasteiger partial charge is 0.438 e. The summed E-state index contributed by atoms with van der Waals surface area (Å²) in [4.78, 5) is 21.5. The van der Waals surface area contributed by atoms with Gasteiger partial charge in [-0.2, -0.15) is 0 Å². The summed E-state index contributed by atoms with van der Waals surface area (Å²) in [6.07, 6.45) is 12.1. The maximum atomic E-state index is 12.7. The van der Waals surface area contributed by atoms with E-state index in [1.54, 1.807) is 0 Å². The van der Waals surface area contributed by atoms with Gasteiger partial charge in [-0.15, -0.1) is 0 Å². The molecule has 1 aromatic rings. The minimum atomic E-state index is 0.0243. The predicted molar refractivity (Wildman–Crippen MR) is 96.4 cm³/mol. The number of carbonyl (C=O) groups excluding carboxylic acids is 1. The van der Waals surface area contributed by atoms with Crippen molar-refractivity contribution in [2.24, 2.45) is 11.3 Å². The summed E-state index contributed by atoms with van der Waals surface area (Å²) in [7, 11) is 0. The van der Waals surface area contributed by atoms with Crippen LogP contribution in [0.25, 0.3) is 0 Å². The Morgan fingerprint density at radius 2 is 2.04 bits per heavy atom. The molecule has 0 bridgehead atoms. The van der Waals surface area contributed by atoms with Crippen molar-refractivity contribution in [1.82, 2.24) is 14.8 Å². The van der Waals surface area contributed by atoms with Gasteiger partial charge in [-0.3, -0.25) is 4.79 Å². The van der Waals surface area contributed by atoms with Crippen LogP contribution in [0.2, 0.25) is 0 Å². The number of carbonyl (C=O) groups is 1. The molecule has 1 spiro atoms. The van der Waals surface area contributed by atoms with Gasteiger partial charge >= 0.3 is 0 Å². The molecule has 1 aromatic heterocycles. The van der Waals surface area contributed by atoms with Crippen LogP contribution < -0.4 is 0 Å². The highest BCUT2D eigenvalue weighted by Gasteiger charge is 2.43. The molecule has 2 aliphatic heterocycles. The number of oxazole rings is 1. The van der Waals surface area contributed by atoms with Gasteiger partial charge in [-0.05, 0) is 51.5 Å². The molecule has 0 unspecified atom stereocenters. The van der Waals surface area contributed by atoms with Crippen molar-refractivity contribution < 1.29 is 9.21 Å². The topological polar surface area (TPSA) is 49.6 Å². The van der Waals surface area contributed by atoms with Crippen LogP contribution in [0.3, 0.4) is 0 Å². The Balaban J connectivity index is 1.37. The third kappa shape index (κ3) is 3.62. The van der Waals surface area contributed by atoms with Crippen molar-refractivity contribution in [3.8, 4) is 0 Å². The summed E-state index contributed by atoms with van der Waals surface area (Å²) < 4.78 is 5.32. The number of nitrogens with zero attached hydrogens (tertiary/aromatic N) is 3. The highest BCUT2D eigenvalue weighted by Crippen LogP contribution is 2.40. The van der Waals surface area contributed by atoms with Crippen LogP contribution in [-0.2, 0) is 0 Å². The molecule has 1 aliphatic carbocycles. The molecule has 3 heterocycles. The Labute approximate surface area is 150 Å². The quantitative estimate of drug-likeness (QED) is 0.841. The lowest BCUT2D eigenvalue weighted by Gasteiger charge is -2.42. The average molecular weight is 345 g/mol. The predicted octanol–water partition coefficient (Wildman–Crippen LogP) is 3.49. The van der Waals surface area contributed by atoms with Crippen LogP contribution in [-0.4, -0.2) is 53.4 Å². The standard InChI is InChI=1S/C20H31N3O2/c1-16-18(25-15-21-16)19(24)23-11-9-20(14-23)8-5-10-22(13-20)12-17-6-3-2-4-7-17/h15,17H,2-14H2,1H3/t20-/m1/s1. The molecule has 3 aliphatic rings.